The predicted octanol–water partition coefficient (Wildman–Crippen LogP) is 3.06. The maximum absolute atomic E-state index is 11.3. The maximum Gasteiger partial charge on any atom is 0.354 e. The van der Waals surface area contributed by atoms with Crippen LogP contribution in [0, 0.1) is 11.3 Å². The molecule has 108 valence electrons. The minimum atomic E-state index is -1.05. The molecule has 0 spiro atoms. The number of fused-ring (bicyclic) bond motifs is 1. The molecular formula is C16H17N3O2. The van der Waals surface area contributed by atoms with Crippen LogP contribution in [0.2, 0.25) is 0 Å². The zero-order chi connectivity index (χ0) is 15.4. The van der Waals surface area contributed by atoms with Gasteiger partial charge in [0.2, 0.25) is 0 Å². The fourth-order valence-electron chi connectivity index (χ4n) is 2.29. The van der Waals surface area contributed by atoms with Crippen LogP contribution >= 0.6 is 0 Å². The van der Waals surface area contributed by atoms with E-state index in [1.54, 1.807) is 6.07 Å². The minimum Gasteiger partial charge on any atom is -0.477 e. The molecule has 0 amide bonds. The number of rotatable bonds is 5. The lowest BCUT2D eigenvalue weighted by molar-refractivity contribution is 0.0691. The van der Waals surface area contributed by atoms with Gasteiger partial charge in [0, 0.05) is 18.0 Å². The van der Waals surface area contributed by atoms with Crippen molar-refractivity contribution in [2.24, 2.45) is 0 Å². The molecule has 0 unspecified atom stereocenters. The summed E-state index contributed by atoms with van der Waals surface area (Å²) in [6.45, 7) is 4.52. The van der Waals surface area contributed by atoms with Crippen LogP contribution in [0.15, 0.2) is 30.3 Å². The fraction of sp³-hybridized carbons (Fsp3) is 0.312. The topological polar surface area (TPSA) is 77.2 Å². The van der Waals surface area contributed by atoms with Gasteiger partial charge in [0.05, 0.1) is 12.5 Å². The SMILES string of the molecule is CC(C)N(CCC#N)c1nc(C(=O)O)cc2ccccc12. The summed E-state index contributed by atoms with van der Waals surface area (Å²) >= 11 is 0. The summed E-state index contributed by atoms with van der Waals surface area (Å²) in [4.78, 5) is 17.5. The lowest BCUT2D eigenvalue weighted by atomic mass is 10.1. The van der Waals surface area contributed by atoms with Gasteiger partial charge in [-0.15, -0.1) is 0 Å². The van der Waals surface area contributed by atoms with E-state index in [9.17, 15) is 9.90 Å². The van der Waals surface area contributed by atoms with E-state index in [1.165, 1.54) is 0 Å². The highest BCUT2D eigenvalue weighted by molar-refractivity contribution is 5.98. The number of aromatic carboxylic acids is 1. The van der Waals surface area contributed by atoms with Crippen LogP contribution in [-0.2, 0) is 0 Å². The maximum atomic E-state index is 11.3. The second kappa shape index (κ2) is 6.23. The molecule has 0 saturated carbocycles. The van der Waals surface area contributed by atoms with Gasteiger partial charge in [-0.25, -0.2) is 9.78 Å². The Kier molecular flexibility index (Phi) is 4.39. The van der Waals surface area contributed by atoms with Crippen molar-refractivity contribution in [2.45, 2.75) is 26.3 Å². The fourth-order valence-corrected chi connectivity index (χ4v) is 2.29. The van der Waals surface area contributed by atoms with E-state index < -0.39 is 5.97 Å². The first-order valence-electron chi connectivity index (χ1n) is 6.81. The Morgan fingerprint density at radius 2 is 2.14 bits per heavy atom. The van der Waals surface area contributed by atoms with Gasteiger partial charge in [-0.2, -0.15) is 5.26 Å². The normalized spacial score (nSPS) is 10.6. The summed E-state index contributed by atoms with van der Waals surface area (Å²) in [6, 6.07) is 11.4. The molecule has 0 aliphatic rings. The molecule has 1 aromatic carbocycles. The van der Waals surface area contributed by atoms with Gasteiger partial charge in [-0.3, -0.25) is 0 Å². The number of carbonyl (C=O) groups is 1. The van der Waals surface area contributed by atoms with E-state index in [-0.39, 0.29) is 11.7 Å². The number of carboxylic acid groups (broad SMARTS) is 1. The molecule has 0 radical (unpaired) electrons. The summed E-state index contributed by atoms with van der Waals surface area (Å²) in [5, 5.41) is 19.8. The zero-order valence-electron chi connectivity index (χ0n) is 12.1. The van der Waals surface area contributed by atoms with Crippen molar-refractivity contribution in [1.82, 2.24) is 4.98 Å². The van der Waals surface area contributed by atoms with Gasteiger partial charge in [0.25, 0.3) is 0 Å². The average Bonchev–Trinajstić information content (AvgIpc) is 2.46. The molecule has 2 aromatic rings. The van der Waals surface area contributed by atoms with Gasteiger partial charge >= 0.3 is 5.97 Å². The highest BCUT2D eigenvalue weighted by Gasteiger charge is 2.18. The molecule has 1 aromatic heterocycles. The second-order valence-corrected chi connectivity index (χ2v) is 5.05. The van der Waals surface area contributed by atoms with Gasteiger partial charge in [0.1, 0.15) is 5.82 Å². The first-order valence-corrected chi connectivity index (χ1v) is 6.81. The van der Waals surface area contributed by atoms with Crippen LogP contribution in [0.1, 0.15) is 30.8 Å². The van der Waals surface area contributed by atoms with Crippen LogP contribution in [0.3, 0.4) is 0 Å². The molecule has 1 N–H and O–H groups in total. The lowest BCUT2D eigenvalue weighted by Gasteiger charge is -2.28. The molecule has 0 saturated heterocycles. The molecule has 21 heavy (non-hydrogen) atoms. The molecule has 0 aliphatic heterocycles. The van der Waals surface area contributed by atoms with Crippen molar-refractivity contribution in [1.29, 1.82) is 5.26 Å². The van der Waals surface area contributed by atoms with Gasteiger partial charge in [-0.1, -0.05) is 24.3 Å². The summed E-state index contributed by atoms with van der Waals surface area (Å²) in [5.74, 6) is -0.429. The number of hydrogen-bond donors (Lipinski definition) is 1. The number of nitrogens with zero attached hydrogens (tertiary/aromatic N) is 3. The molecule has 5 nitrogen and oxygen atoms in total. The van der Waals surface area contributed by atoms with E-state index in [4.69, 9.17) is 5.26 Å². The number of hydrogen-bond acceptors (Lipinski definition) is 4. The highest BCUT2D eigenvalue weighted by Crippen LogP contribution is 2.27. The Morgan fingerprint density at radius 3 is 2.76 bits per heavy atom. The molecule has 5 heteroatoms. The Labute approximate surface area is 123 Å². The molecule has 0 fully saturated rings. The first kappa shape index (κ1) is 14.8. The predicted molar refractivity (Wildman–Crippen MR) is 81.4 cm³/mol. The van der Waals surface area contributed by atoms with Crippen molar-refractivity contribution in [3.8, 4) is 6.07 Å². The zero-order valence-corrected chi connectivity index (χ0v) is 12.1. The Balaban J connectivity index is 2.63. The molecule has 0 atom stereocenters. The first-order chi connectivity index (χ1) is 10.0. The highest BCUT2D eigenvalue weighted by atomic mass is 16.4. The van der Waals surface area contributed by atoms with Gasteiger partial charge < -0.3 is 10.0 Å². The molecule has 1 heterocycles. The third kappa shape index (κ3) is 3.11. The van der Waals surface area contributed by atoms with E-state index in [2.05, 4.69) is 11.1 Å². The monoisotopic (exact) mass is 283 g/mol. The number of benzene rings is 1. The smallest absolute Gasteiger partial charge is 0.354 e. The van der Waals surface area contributed by atoms with E-state index in [1.807, 2.05) is 43.0 Å². The third-order valence-electron chi connectivity index (χ3n) is 3.30. The van der Waals surface area contributed by atoms with E-state index in [0.29, 0.717) is 18.8 Å². The lowest BCUT2D eigenvalue weighted by Crippen LogP contribution is -2.33. The van der Waals surface area contributed by atoms with Crippen LogP contribution in [0.25, 0.3) is 10.8 Å². The quantitative estimate of drug-likeness (QED) is 0.912. The van der Waals surface area contributed by atoms with Crippen molar-refractivity contribution in [3.05, 3.63) is 36.0 Å². The molecule has 0 aliphatic carbocycles. The van der Waals surface area contributed by atoms with Crippen LogP contribution < -0.4 is 4.90 Å². The molecule has 2 rings (SSSR count). The van der Waals surface area contributed by atoms with Crippen molar-refractivity contribution < 1.29 is 9.90 Å². The van der Waals surface area contributed by atoms with E-state index >= 15 is 0 Å². The Morgan fingerprint density at radius 1 is 1.43 bits per heavy atom. The molecular weight excluding hydrogens is 266 g/mol. The summed E-state index contributed by atoms with van der Waals surface area (Å²) in [6.07, 6.45) is 0.367. The van der Waals surface area contributed by atoms with Gasteiger partial charge in [0.15, 0.2) is 5.69 Å². The number of nitriles is 1. The standard InChI is InChI=1S/C16H17N3O2/c1-11(2)19(9-5-8-17)15-13-7-4-3-6-12(13)10-14(18-15)16(20)21/h3-4,6-7,10-11H,5,9H2,1-2H3,(H,20,21). The van der Waals surface area contributed by atoms with Gasteiger partial charge in [-0.05, 0) is 25.3 Å². The Bertz CT molecular complexity index is 704. The number of pyridine rings is 1. The van der Waals surface area contributed by atoms with Crippen LogP contribution in [0.4, 0.5) is 5.82 Å². The molecule has 0 bridgehead atoms. The summed E-state index contributed by atoms with van der Waals surface area (Å²) < 4.78 is 0. The van der Waals surface area contributed by atoms with Crippen molar-refractivity contribution in [2.75, 3.05) is 11.4 Å². The van der Waals surface area contributed by atoms with Crippen molar-refractivity contribution >= 4 is 22.6 Å². The number of carboxylic acids is 1. The third-order valence-corrected chi connectivity index (χ3v) is 3.30. The van der Waals surface area contributed by atoms with E-state index in [0.717, 1.165) is 10.8 Å². The number of anilines is 1. The number of aromatic nitrogens is 1. The largest absolute Gasteiger partial charge is 0.477 e. The minimum absolute atomic E-state index is 0.0197. The summed E-state index contributed by atoms with van der Waals surface area (Å²) in [7, 11) is 0. The second-order valence-electron chi connectivity index (χ2n) is 5.05. The Hall–Kier alpha value is -2.61. The average molecular weight is 283 g/mol. The van der Waals surface area contributed by atoms with Crippen LogP contribution in [0.5, 0.6) is 0 Å². The van der Waals surface area contributed by atoms with Crippen molar-refractivity contribution in [3.63, 3.8) is 0 Å². The summed E-state index contributed by atoms with van der Waals surface area (Å²) in [5.41, 5.74) is 0.0197. The van der Waals surface area contributed by atoms with Crippen LogP contribution in [-0.4, -0.2) is 28.6 Å².